The first kappa shape index (κ1) is 17.8. The van der Waals surface area contributed by atoms with Gasteiger partial charge >= 0.3 is 0 Å². The molecule has 1 atom stereocenters. The molecule has 124 valence electrons. The minimum absolute atomic E-state index is 0.0328. The fraction of sp³-hybridized carbons (Fsp3) is 0.611. The van der Waals surface area contributed by atoms with Crippen molar-refractivity contribution in [3.63, 3.8) is 0 Å². The van der Waals surface area contributed by atoms with Crippen LogP contribution in [0.3, 0.4) is 0 Å². The topological polar surface area (TPSA) is 65.8 Å². The van der Waals surface area contributed by atoms with Crippen LogP contribution in [0.1, 0.15) is 55.8 Å². The number of aromatic nitrogens is 1. The van der Waals surface area contributed by atoms with E-state index in [1.54, 1.807) is 0 Å². The zero-order valence-corrected chi connectivity index (χ0v) is 15.0. The van der Waals surface area contributed by atoms with Crippen LogP contribution in [0.25, 0.3) is 0 Å². The summed E-state index contributed by atoms with van der Waals surface area (Å²) in [5.41, 5.74) is 2.36. The van der Waals surface area contributed by atoms with Crippen LogP contribution in [-0.4, -0.2) is 22.7 Å². The fourth-order valence-corrected chi connectivity index (χ4v) is 4.07. The third kappa shape index (κ3) is 4.97. The molecule has 0 spiro atoms. The highest BCUT2D eigenvalue weighted by atomic mass is 32.2. The van der Waals surface area contributed by atoms with E-state index in [0.717, 1.165) is 17.8 Å². The zero-order chi connectivity index (χ0) is 16.8. The van der Waals surface area contributed by atoms with Gasteiger partial charge in [0.25, 0.3) is 0 Å². The van der Waals surface area contributed by atoms with E-state index < -0.39 is 0 Å². The molecule has 1 heterocycles. The predicted molar refractivity (Wildman–Crippen MR) is 93.3 cm³/mol. The maximum Gasteiger partial charge on any atom is 0.233 e. The van der Waals surface area contributed by atoms with Crippen LogP contribution < -0.4 is 5.32 Å². The summed E-state index contributed by atoms with van der Waals surface area (Å²) in [7, 11) is 0. The van der Waals surface area contributed by atoms with Crippen molar-refractivity contribution in [2.75, 3.05) is 6.54 Å². The SMILES string of the molecule is Cc1cc(C)c(C#N)c(SC(C)C(=O)NCC2CCCCC2)n1. The second kappa shape index (κ2) is 8.35. The van der Waals surface area contributed by atoms with E-state index in [0.29, 0.717) is 16.5 Å². The third-order valence-corrected chi connectivity index (χ3v) is 5.46. The first-order valence-electron chi connectivity index (χ1n) is 8.34. The van der Waals surface area contributed by atoms with Crippen molar-refractivity contribution in [1.82, 2.24) is 10.3 Å². The molecule has 0 aromatic carbocycles. The number of amides is 1. The van der Waals surface area contributed by atoms with Crippen LogP contribution in [0, 0.1) is 31.1 Å². The maximum atomic E-state index is 12.3. The zero-order valence-electron chi connectivity index (χ0n) is 14.2. The van der Waals surface area contributed by atoms with E-state index in [9.17, 15) is 10.1 Å². The van der Waals surface area contributed by atoms with E-state index in [1.807, 2.05) is 26.8 Å². The number of carbonyl (C=O) groups excluding carboxylic acids is 1. The molecule has 2 rings (SSSR count). The molecule has 1 aromatic rings. The normalized spacial score (nSPS) is 16.6. The van der Waals surface area contributed by atoms with Gasteiger partial charge in [-0.05, 0) is 51.2 Å². The van der Waals surface area contributed by atoms with Gasteiger partial charge in [0, 0.05) is 12.2 Å². The van der Waals surface area contributed by atoms with E-state index >= 15 is 0 Å². The number of aryl methyl sites for hydroxylation is 2. The van der Waals surface area contributed by atoms with E-state index in [4.69, 9.17) is 0 Å². The number of thioether (sulfide) groups is 1. The second-order valence-corrected chi connectivity index (χ2v) is 7.71. The molecule has 23 heavy (non-hydrogen) atoms. The van der Waals surface area contributed by atoms with E-state index in [-0.39, 0.29) is 11.2 Å². The molecule has 0 radical (unpaired) electrons. The van der Waals surface area contributed by atoms with Crippen molar-refractivity contribution >= 4 is 17.7 Å². The molecular formula is C18H25N3OS. The summed E-state index contributed by atoms with van der Waals surface area (Å²) in [6.45, 7) is 6.47. The van der Waals surface area contributed by atoms with Gasteiger partial charge in [-0.25, -0.2) is 4.98 Å². The monoisotopic (exact) mass is 331 g/mol. The van der Waals surface area contributed by atoms with Crippen molar-refractivity contribution in [3.05, 3.63) is 22.9 Å². The summed E-state index contributed by atoms with van der Waals surface area (Å²) in [4.78, 5) is 16.8. The van der Waals surface area contributed by atoms with E-state index in [1.165, 1.54) is 43.9 Å². The standard InChI is InChI=1S/C18H25N3OS/c1-12-9-13(2)21-18(16(12)10-19)23-14(3)17(22)20-11-15-7-5-4-6-8-15/h9,14-15H,4-8,11H2,1-3H3,(H,20,22). The summed E-state index contributed by atoms with van der Waals surface area (Å²) in [6.07, 6.45) is 6.33. The summed E-state index contributed by atoms with van der Waals surface area (Å²) < 4.78 is 0. The Morgan fingerprint density at radius 3 is 2.78 bits per heavy atom. The molecule has 5 heteroatoms. The Morgan fingerprint density at radius 2 is 2.13 bits per heavy atom. The first-order chi connectivity index (χ1) is 11.0. The average Bonchev–Trinajstić information content (AvgIpc) is 2.53. The van der Waals surface area contributed by atoms with Gasteiger partial charge in [0.05, 0.1) is 10.8 Å². The summed E-state index contributed by atoms with van der Waals surface area (Å²) >= 11 is 1.37. The molecule has 0 saturated heterocycles. The van der Waals surface area contributed by atoms with Crippen molar-refractivity contribution < 1.29 is 4.79 Å². The third-order valence-electron chi connectivity index (χ3n) is 4.37. The summed E-state index contributed by atoms with van der Waals surface area (Å²) in [6, 6.07) is 4.10. The number of rotatable bonds is 5. The van der Waals surface area contributed by atoms with E-state index in [2.05, 4.69) is 16.4 Å². The van der Waals surface area contributed by atoms with Gasteiger partial charge in [0.1, 0.15) is 11.1 Å². The Labute approximate surface area is 143 Å². The van der Waals surface area contributed by atoms with Gasteiger partial charge in [0.15, 0.2) is 0 Å². The lowest BCUT2D eigenvalue weighted by atomic mass is 9.89. The molecule has 1 amide bonds. The predicted octanol–water partition coefficient (Wildman–Crippen LogP) is 3.75. The molecule has 4 nitrogen and oxygen atoms in total. The average molecular weight is 331 g/mol. The van der Waals surface area contributed by atoms with Gasteiger partial charge in [0.2, 0.25) is 5.91 Å². The van der Waals surface area contributed by atoms with Gasteiger partial charge in [-0.3, -0.25) is 4.79 Å². The van der Waals surface area contributed by atoms with Crippen LogP contribution in [0.5, 0.6) is 0 Å². The number of hydrogen-bond donors (Lipinski definition) is 1. The van der Waals surface area contributed by atoms with Gasteiger partial charge in [-0.15, -0.1) is 0 Å². The highest BCUT2D eigenvalue weighted by molar-refractivity contribution is 8.00. The number of nitrogens with one attached hydrogen (secondary N) is 1. The lowest BCUT2D eigenvalue weighted by Gasteiger charge is -2.22. The number of carbonyl (C=O) groups is 1. The van der Waals surface area contributed by atoms with Gasteiger partial charge in [-0.1, -0.05) is 31.0 Å². The van der Waals surface area contributed by atoms with Crippen molar-refractivity contribution in [1.29, 1.82) is 5.26 Å². The Morgan fingerprint density at radius 1 is 1.43 bits per heavy atom. The van der Waals surface area contributed by atoms with Crippen LogP contribution in [0.2, 0.25) is 0 Å². The molecule has 0 aliphatic heterocycles. The highest BCUT2D eigenvalue weighted by Gasteiger charge is 2.20. The first-order valence-corrected chi connectivity index (χ1v) is 9.22. The number of nitriles is 1. The molecule has 0 bridgehead atoms. The van der Waals surface area contributed by atoms with Crippen molar-refractivity contribution in [2.24, 2.45) is 5.92 Å². The maximum absolute atomic E-state index is 12.3. The quantitative estimate of drug-likeness (QED) is 0.835. The Balaban J connectivity index is 1.94. The van der Waals surface area contributed by atoms with Crippen LogP contribution in [-0.2, 0) is 4.79 Å². The molecule has 1 unspecified atom stereocenters. The minimum atomic E-state index is -0.251. The number of nitrogens with zero attached hydrogens (tertiary/aromatic N) is 2. The van der Waals surface area contributed by atoms with Crippen LogP contribution in [0.15, 0.2) is 11.1 Å². The fourth-order valence-electron chi connectivity index (χ4n) is 3.02. The van der Waals surface area contributed by atoms with Crippen LogP contribution in [0.4, 0.5) is 0 Å². The smallest absolute Gasteiger partial charge is 0.233 e. The van der Waals surface area contributed by atoms with Crippen molar-refractivity contribution in [3.8, 4) is 6.07 Å². The lowest BCUT2D eigenvalue weighted by molar-refractivity contribution is -0.120. The lowest BCUT2D eigenvalue weighted by Crippen LogP contribution is -2.35. The van der Waals surface area contributed by atoms with Crippen LogP contribution >= 0.6 is 11.8 Å². The summed E-state index contributed by atoms with van der Waals surface area (Å²) in [5, 5.41) is 12.8. The largest absolute Gasteiger partial charge is 0.355 e. The molecule has 1 aliphatic rings. The Bertz CT molecular complexity index is 603. The number of pyridine rings is 1. The number of hydrogen-bond acceptors (Lipinski definition) is 4. The Kier molecular flexibility index (Phi) is 6.47. The van der Waals surface area contributed by atoms with Gasteiger partial charge < -0.3 is 5.32 Å². The second-order valence-electron chi connectivity index (χ2n) is 6.38. The molecule has 1 fully saturated rings. The molecule has 1 N–H and O–H groups in total. The minimum Gasteiger partial charge on any atom is -0.355 e. The molecule has 1 aliphatic carbocycles. The molecule has 1 aromatic heterocycles. The van der Waals surface area contributed by atoms with Crippen molar-refractivity contribution in [2.45, 2.75) is 63.2 Å². The Hall–Kier alpha value is -1.54. The van der Waals surface area contributed by atoms with Gasteiger partial charge in [-0.2, -0.15) is 5.26 Å². The summed E-state index contributed by atoms with van der Waals surface area (Å²) in [5.74, 6) is 0.657. The molecule has 1 saturated carbocycles. The molecular weight excluding hydrogens is 306 g/mol. The highest BCUT2D eigenvalue weighted by Crippen LogP contribution is 2.28.